The number of amides is 2. The number of piperidine rings is 1. The second-order valence-corrected chi connectivity index (χ2v) is 8.58. The molecular formula is C20H32N4O2S. The van der Waals surface area contributed by atoms with Crippen LogP contribution in [0.1, 0.15) is 31.1 Å². The molecule has 1 aromatic rings. The van der Waals surface area contributed by atoms with Gasteiger partial charge in [0.05, 0.1) is 12.6 Å². The van der Waals surface area contributed by atoms with Gasteiger partial charge in [0.1, 0.15) is 0 Å². The van der Waals surface area contributed by atoms with Gasteiger partial charge in [0, 0.05) is 50.7 Å². The summed E-state index contributed by atoms with van der Waals surface area (Å²) in [4.78, 5) is 32.6. The maximum Gasteiger partial charge on any atom is 0.237 e. The fraction of sp³-hybridized carbons (Fsp3) is 0.700. The van der Waals surface area contributed by atoms with Crippen LogP contribution in [0.3, 0.4) is 0 Å². The number of rotatable bonds is 7. The number of hydrogen-bond acceptors (Lipinski definition) is 5. The lowest BCUT2D eigenvalue weighted by atomic mass is 10.1. The second-order valence-electron chi connectivity index (χ2n) is 7.55. The third kappa shape index (κ3) is 6.02. The van der Waals surface area contributed by atoms with Crippen molar-refractivity contribution in [1.82, 2.24) is 20.0 Å². The average molecular weight is 393 g/mol. The van der Waals surface area contributed by atoms with E-state index in [1.54, 1.807) is 11.3 Å². The van der Waals surface area contributed by atoms with Crippen LogP contribution in [0.15, 0.2) is 17.5 Å². The Balaban J connectivity index is 1.35. The van der Waals surface area contributed by atoms with Crippen molar-refractivity contribution in [2.45, 2.75) is 38.6 Å². The Labute approximate surface area is 166 Å². The van der Waals surface area contributed by atoms with Gasteiger partial charge >= 0.3 is 0 Å². The summed E-state index contributed by atoms with van der Waals surface area (Å²) in [6.07, 6.45) is 4.41. The molecule has 1 aromatic heterocycles. The van der Waals surface area contributed by atoms with Crippen LogP contribution in [0.2, 0.25) is 0 Å². The van der Waals surface area contributed by atoms with Gasteiger partial charge in [-0.2, -0.15) is 0 Å². The molecule has 27 heavy (non-hydrogen) atoms. The Kier molecular flexibility index (Phi) is 7.67. The molecule has 1 atom stereocenters. The van der Waals surface area contributed by atoms with Crippen LogP contribution >= 0.6 is 11.3 Å². The fourth-order valence-electron chi connectivity index (χ4n) is 3.82. The van der Waals surface area contributed by atoms with E-state index in [2.05, 4.69) is 26.6 Å². The lowest BCUT2D eigenvalue weighted by Crippen LogP contribution is -2.55. The van der Waals surface area contributed by atoms with Crippen LogP contribution in [0.5, 0.6) is 0 Å². The predicted octanol–water partition coefficient (Wildman–Crippen LogP) is 1.43. The summed E-state index contributed by atoms with van der Waals surface area (Å²) < 4.78 is 0. The molecule has 0 aliphatic carbocycles. The second kappa shape index (κ2) is 10.2. The van der Waals surface area contributed by atoms with Crippen molar-refractivity contribution in [1.29, 1.82) is 0 Å². The number of carbonyl (C=O) groups excluding carboxylic acids is 2. The van der Waals surface area contributed by atoms with Crippen LogP contribution in [0.4, 0.5) is 0 Å². The number of likely N-dealkylation sites (tertiary alicyclic amines) is 1. The van der Waals surface area contributed by atoms with Crippen LogP contribution < -0.4 is 5.32 Å². The molecule has 0 aromatic carbocycles. The lowest BCUT2D eigenvalue weighted by molar-refractivity contribution is -0.134. The minimum atomic E-state index is -0.117. The molecule has 3 heterocycles. The SMILES string of the molecule is CC(C(=O)NCCc1cccs1)N1CCN(CC(=O)N2CCCCC2)CC1. The van der Waals surface area contributed by atoms with Crippen LogP contribution in [0.25, 0.3) is 0 Å². The molecule has 0 bridgehead atoms. The van der Waals surface area contributed by atoms with E-state index in [9.17, 15) is 9.59 Å². The van der Waals surface area contributed by atoms with Crippen LogP contribution in [0, 0.1) is 0 Å². The molecule has 1 unspecified atom stereocenters. The molecule has 2 aliphatic rings. The number of hydrogen-bond donors (Lipinski definition) is 1. The summed E-state index contributed by atoms with van der Waals surface area (Å²) in [5.74, 6) is 0.368. The highest BCUT2D eigenvalue weighted by atomic mass is 32.1. The Hall–Kier alpha value is -1.44. The van der Waals surface area contributed by atoms with Crippen molar-refractivity contribution in [3.63, 3.8) is 0 Å². The number of nitrogens with one attached hydrogen (secondary N) is 1. The van der Waals surface area contributed by atoms with E-state index in [0.717, 1.165) is 58.5 Å². The van der Waals surface area contributed by atoms with Crippen molar-refractivity contribution in [2.75, 3.05) is 52.4 Å². The van der Waals surface area contributed by atoms with E-state index in [0.29, 0.717) is 13.1 Å². The smallest absolute Gasteiger partial charge is 0.237 e. The molecular weight excluding hydrogens is 360 g/mol. The quantitative estimate of drug-likeness (QED) is 0.763. The van der Waals surface area contributed by atoms with E-state index in [1.165, 1.54) is 11.3 Å². The Morgan fingerprint density at radius 1 is 1.11 bits per heavy atom. The molecule has 2 amide bonds. The molecule has 0 spiro atoms. The number of piperazine rings is 1. The van der Waals surface area contributed by atoms with Gasteiger partial charge in [-0.3, -0.25) is 19.4 Å². The zero-order valence-corrected chi connectivity index (χ0v) is 17.2. The Bertz CT molecular complexity index is 593. The molecule has 0 saturated carbocycles. The summed E-state index contributed by atoms with van der Waals surface area (Å²) in [6, 6.07) is 4.03. The highest BCUT2D eigenvalue weighted by Gasteiger charge is 2.27. The van der Waals surface area contributed by atoms with Gasteiger partial charge in [-0.1, -0.05) is 6.07 Å². The summed E-state index contributed by atoms with van der Waals surface area (Å²) in [5, 5.41) is 5.12. The zero-order chi connectivity index (χ0) is 19.1. The van der Waals surface area contributed by atoms with E-state index >= 15 is 0 Å². The summed E-state index contributed by atoms with van der Waals surface area (Å²) in [7, 11) is 0. The minimum Gasteiger partial charge on any atom is -0.354 e. The molecule has 2 aliphatic heterocycles. The van der Waals surface area contributed by atoms with E-state index in [1.807, 2.05) is 17.9 Å². The van der Waals surface area contributed by atoms with Gasteiger partial charge in [0.2, 0.25) is 11.8 Å². The van der Waals surface area contributed by atoms with Gasteiger partial charge in [-0.15, -0.1) is 11.3 Å². The van der Waals surface area contributed by atoms with Gasteiger partial charge in [-0.05, 0) is 44.1 Å². The van der Waals surface area contributed by atoms with Crippen molar-refractivity contribution >= 4 is 23.2 Å². The number of nitrogens with zero attached hydrogens (tertiary/aromatic N) is 3. The number of thiophene rings is 1. The molecule has 3 rings (SSSR count). The third-order valence-electron chi connectivity index (χ3n) is 5.65. The zero-order valence-electron chi connectivity index (χ0n) is 16.4. The topological polar surface area (TPSA) is 55.9 Å². The molecule has 0 radical (unpaired) electrons. The van der Waals surface area contributed by atoms with Crippen molar-refractivity contribution < 1.29 is 9.59 Å². The maximum atomic E-state index is 12.4. The summed E-state index contributed by atoms with van der Waals surface area (Å²) >= 11 is 1.73. The Morgan fingerprint density at radius 2 is 1.85 bits per heavy atom. The lowest BCUT2D eigenvalue weighted by Gasteiger charge is -2.38. The van der Waals surface area contributed by atoms with Gasteiger partial charge in [0.15, 0.2) is 0 Å². The van der Waals surface area contributed by atoms with Crippen LogP contribution in [-0.4, -0.2) is 84.9 Å². The van der Waals surface area contributed by atoms with Gasteiger partial charge in [0.25, 0.3) is 0 Å². The highest BCUT2D eigenvalue weighted by Crippen LogP contribution is 2.12. The monoisotopic (exact) mass is 392 g/mol. The van der Waals surface area contributed by atoms with E-state index in [4.69, 9.17) is 0 Å². The first-order chi connectivity index (χ1) is 13.1. The van der Waals surface area contributed by atoms with E-state index < -0.39 is 0 Å². The third-order valence-corrected chi connectivity index (χ3v) is 6.59. The number of carbonyl (C=O) groups is 2. The highest BCUT2D eigenvalue weighted by molar-refractivity contribution is 7.09. The maximum absolute atomic E-state index is 12.4. The van der Waals surface area contributed by atoms with Gasteiger partial charge < -0.3 is 10.2 Å². The van der Waals surface area contributed by atoms with Crippen molar-refractivity contribution in [3.8, 4) is 0 Å². The van der Waals surface area contributed by atoms with E-state index in [-0.39, 0.29) is 17.9 Å². The summed E-state index contributed by atoms with van der Waals surface area (Å²) in [6.45, 7) is 8.42. The molecule has 7 heteroatoms. The predicted molar refractivity (Wildman–Crippen MR) is 109 cm³/mol. The first-order valence-electron chi connectivity index (χ1n) is 10.2. The normalized spacial score (nSPS) is 20.4. The van der Waals surface area contributed by atoms with Crippen molar-refractivity contribution in [2.24, 2.45) is 0 Å². The summed E-state index contributed by atoms with van der Waals surface area (Å²) in [5.41, 5.74) is 0. The minimum absolute atomic E-state index is 0.101. The first-order valence-corrected chi connectivity index (χ1v) is 11.1. The molecule has 150 valence electrons. The van der Waals surface area contributed by atoms with Crippen LogP contribution in [-0.2, 0) is 16.0 Å². The van der Waals surface area contributed by atoms with Gasteiger partial charge in [-0.25, -0.2) is 0 Å². The molecule has 2 fully saturated rings. The van der Waals surface area contributed by atoms with Crippen molar-refractivity contribution in [3.05, 3.63) is 22.4 Å². The molecule has 2 saturated heterocycles. The fourth-order valence-corrected chi connectivity index (χ4v) is 4.53. The standard InChI is InChI=1S/C20H32N4O2S/c1-17(20(26)21-8-7-18-6-5-15-27-18)23-13-11-22(12-14-23)16-19(25)24-9-3-2-4-10-24/h5-6,15,17H,2-4,7-14,16H2,1H3,(H,21,26). The Morgan fingerprint density at radius 3 is 2.52 bits per heavy atom. The average Bonchev–Trinajstić information content (AvgIpc) is 3.22. The largest absolute Gasteiger partial charge is 0.354 e. The molecule has 1 N–H and O–H groups in total. The molecule has 6 nitrogen and oxygen atoms in total. The first kappa shape index (κ1) is 20.3.